The van der Waals surface area contributed by atoms with Crippen LogP contribution in [0.1, 0.15) is 0 Å². The molecule has 1 N–H and O–H groups in total. The number of halogens is 1. The molecule has 0 aromatic heterocycles. The van der Waals surface area contributed by atoms with Crippen LogP contribution < -0.4 is 0 Å². The van der Waals surface area contributed by atoms with Gasteiger partial charge >= 0.3 is 82.6 Å². The second kappa shape index (κ2) is 6.37. The molecular formula is HIKMnO4. The maximum absolute atomic E-state index is 8.69. The van der Waals surface area contributed by atoms with Crippen molar-refractivity contribution in [1.82, 2.24) is 0 Å². The van der Waals surface area contributed by atoms with Crippen LogP contribution in [0.25, 0.3) is 0 Å². The van der Waals surface area contributed by atoms with Crippen LogP contribution in [0.3, 0.4) is 0 Å². The van der Waals surface area contributed by atoms with Crippen molar-refractivity contribution in [2.45, 2.75) is 0 Å². The van der Waals surface area contributed by atoms with Gasteiger partial charge in [-0.15, -0.1) is 0 Å². The van der Waals surface area contributed by atoms with E-state index in [0.29, 0.717) is 0 Å². The van der Waals surface area contributed by atoms with Gasteiger partial charge in [-0.05, 0) is 0 Å². The Morgan fingerprint density at radius 1 is 1.29 bits per heavy atom. The van der Waals surface area contributed by atoms with Gasteiger partial charge in [0.2, 0.25) is 0 Å². The third-order valence-corrected chi connectivity index (χ3v) is 0. The molecule has 0 aliphatic heterocycles. The zero-order valence-electron chi connectivity index (χ0n) is 3.43. The summed E-state index contributed by atoms with van der Waals surface area (Å²) in [4.78, 5) is 0. The van der Waals surface area contributed by atoms with Gasteiger partial charge in [0.25, 0.3) is 0 Å². The SMILES string of the molecule is [K][I].[O]=[Mn](=[O])(=[O])[OH]. The van der Waals surface area contributed by atoms with E-state index in [-0.39, 0.29) is 0 Å². The summed E-state index contributed by atoms with van der Waals surface area (Å²) in [6.07, 6.45) is 0. The summed E-state index contributed by atoms with van der Waals surface area (Å²) >= 11 is -2.00. The quantitative estimate of drug-likeness (QED) is 0.485. The topological polar surface area (TPSA) is 71.4 Å². The van der Waals surface area contributed by atoms with E-state index in [0.717, 1.165) is 42.7 Å². The van der Waals surface area contributed by atoms with Crippen molar-refractivity contribution in [3.8, 4) is 0 Å². The van der Waals surface area contributed by atoms with Gasteiger partial charge in [0.15, 0.2) is 0 Å². The Balaban J connectivity index is 0. The molecule has 0 heterocycles. The van der Waals surface area contributed by atoms with Crippen LogP contribution in [0.4, 0.5) is 0 Å². The Bertz CT molecular complexity index is 133. The Labute approximate surface area is 80.3 Å². The first-order valence-electron chi connectivity index (χ1n) is 1.01. The van der Waals surface area contributed by atoms with E-state index in [9.17, 15) is 0 Å². The average molecular weight is 286 g/mol. The second-order valence-electron chi connectivity index (χ2n) is 0.396. The molecule has 4 nitrogen and oxygen atoms in total. The van der Waals surface area contributed by atoms with Crippen LogP contribution >= 0.6 is 11.3 Å². The van der Waals surface area contributed by atoms with Gasteiger partial charge in [0, 0.05) is 0 Å². The molecule has 0 aromatic rings. The van der Waals surface area contributed by atoms with Gasteiger partial charge in [-0.25, -0.2) is 0 Å². The summed E-state index contributed by atoms with van der Waals surface area (Å²) in [7, 11) is 0. The van der Waals surface area contributed by atoms with E-state index in [1.165, 1.54) is 0 Å². The van der Waals surface area contributed by atoms with E-state index in [2.05, 4.69) is 11.3 Å². The van der Waals surface area contributed by atoms with E-state index < -0.39 is 13.0 Å². The van der Waals surface area contributed by atoms with Crippen molar-refractivity contribution in [2.24, 2.45) is 0 Å². The van der Waals surface area contributed by atoms with Crippen LogP contribution in [0.2, 0.25) is 0 Å². The average Bonchev–Trinajstić information content (AvgIpc) is 1.36. The molecule has 0 radical (unpaired) electrons. The maximum atomic E-state index is 8.69. The van der Waals surface area contributed by atoms with Crippen LogP contribution in [0.5, 0.6) is 0 Å². The first kappa shape index (κ1) is 12.0. The van der Waals surface area contributed by atoms with Crippen molar-refractivity contribution < 1.29 is 28.7 Å². The van der Waals surface area contributed by atoms with Crippen molar-refractivity contribution >= 4 is 54.0 Å². The molecule has 0 rings (SSSR count). The zero-order chi connectivity index (χ0) is 6.50. The van der Waals surface area contributed by atoms with Crippen LogP contribution in [-0.4, -0.2) is 46.9 Å². The molecule has 0 aliphatic rings. The molecule has 7 heavy (non-hydrogen) atoms. The molecule has 0 saturated carbocycles. The van der Waals surface area contributed by atoms with Crippen molar-refractivity contribution in [3.63, 3.8) is 0 Å². The van der Waals surface area contributed by atoms with Crippen LogP contribution in [-0.2, 0) is 24.5 Å². The predicted octanol–water partition coefficient (Wildman–Crippen LogP) is -0.411. The van der Waals surface area contributed by atoms with E-state index >= 15 is 0 Å². The minimum atomic E-state index is -5.38. The summed E-state index contributed by atoms with van der Waals surface area (Å²) in [5.74, 6) is 0. The first-order valence-corrected chi connectivity index (χ1v) is 13.1. The number of hydrogen-bond acceptors (Lipinski definition) is 3. The predicted molar refractivity (Wildman–Crippen MR) is 24.1 cm³/mol. The van der Waals surface area contributed by atoms with Crippen molar-refractivity contribution in [2.75, 3.05) is 0 Å². The molecule has 0 spiro atoms. The number of hydrogen-bond donors (Lipinski definition) is 1. The monoisotopic (exact) mass is 286 g/mol. The van der Waals surface area contributed by atoms with Gasteiger partial charge in [0.1, 0.15) is 0 Å². The van der Waals surface area contributed by atoms with Gasteiger partial charge < -0.3 is 0 Å². The zero-order valence-corrected chi connectivity index (χ0v) is 9.89. The van der Waals surface area contributed by atoms with Crippen LogP contribution in [0.15, 0.2) is 0 Å². The molecule has 0 amide bonds. The molecule has 40 valence electrons. The third kappa shape index (κ3) is 63.8. The fraction of sp³-hybridized carbons (Fsp3) is 0. The molecule has 0 unspecified atom stereocenters. The first-order chi connectivity index (χ1) is 3.00. The van der Waals surface area contributed by atoms with Crippen molar-refractivity contribution in [3.05, 3.63) is 0 Å². The molecule has 0 fully saturated rings. The summed E-state index contributed by atoms with van der Waals surface area (Å²) in [6, 6.07) is 0. The molecule has 0 aliphatic carbocycles. The van der Waals surface area contributed by atoms with Gasteiger partial charge in [-0.3, -0.25) is 0 Å². The van der Waals surface area contributed by atoms with Gasteiger partial charge in [-0.1, -0.05) is 0 Å². The standard InChI is InChI=1S/HI.K.Mn.H2O.3O/h1H;;;1H2;;;/q;2*+1;;;;/p-2. The molecule has 0 bridgehead atoms. The Hall–Kier alpha value is 2.25. The van der Waals surface area contributed by atoms with Gasteiger partial charge in [-0.2, -0.15) is 0 Å². The summed E-state index contributed by atoms with van der Waals surface area (Å²) in [5.41, 5.74) is 0. The fourth-order valence-corrected chi connectivity index (χ4v) is 0. The number of rotatable bonds is 0. The fourth-order valence-electron chi connectivity index (χ4n) is 0. The minimum absolute atomic E-state index is 1.03. The van der Waals surface area contributed by atoms with Crippen LogP contribution in [0, 0.1) is 0 Å². The van der Waals surface area contributed by atoms with E-state index in [1.807, 2.05) is 0 Å². The molecule has 0 aromatic carbocycles. The summed E-state index contributed by atoms with van der Waals surface area (Å²) in [6.45, 7) is 0. The Morgan fingerprint density at radius 3 is 1.29 bits per heavy atom. The third-order valence-electron chi connectivity index (χ3n) is 0. The Morgan fingerprint density at radius 2 is 1.29 bits per heavy atom. The van der Waals surface area contributed by atoms with Gasteiger partial charge in [0.05, 0.1) is 0 Å². The summed E-state index contributed by atoms with van der Waals surface area (Å²) in [5, 5.41) is 0. The Kier molecular flexibility index (Phi) is 10.9. The molecule has 0 saturated heterocycles. The van der Waals surface area contributed by atoms with E-state index in [4.69, 9.17) is 15.7 Å². The second-order valence-corrected chi connectivity index (χ2v) is 1.63. The molecular weight excluding hydrogens is 285 g/mol. The normalized spacial score (nSPS) is 9.14. The summed E-state index contributed by atoms with van der Waals surface area (Å²) < 4.78 is 33.1. The molecule has 7 heteroatoms. The van der Waals surface area contributed by atoms with E-state index in [1.54, 1.807) is 0 Å². The molecule has 0 atom stereocenters. The van der Waals surface area contributed by atoms with Crippen molar-refractivity contribution in [1.29, 1.82) is 0 Å².